The minimum absolute atomic E-state index is 0.0609. The maximum atomic E-state index is 12.7. The fraction of sp³-hybridized carbons (Fsp3) is 0.391. The molecule has 1 fully saturated rings. The molecule has 2 amide bonds. The highest BCUT2D eigenvalue weighted by atomic mass is 79.9. The quantitative estimate of drug-likeness (QED) is 0.473. The lowest BCUT2D eigenvalue weighted by molar-refractivity contribution is 0.0500. The molecule has 0 aliphatic carbocycles. The number of aromatic amines is 1. The molecular formula is C23H27BrN6O3. The third-order valence-electron chi connectivity index (χ3n) is 5.23. The number of anilines is 2. The molecule has 3 aromatic rings. The standard InChI is InChI=1S/C23H27BrN6O3/c1-23(2,3)33-22(32)28-14-7-6-10-30(13-14)19-15(24)11-26-20-18(19)17(12-27-20)29-21(31)16-8-4-5-9-25-16/h4-5,8-9,11-12,14H,6-7,10,13H2,1-3H3,(H,26,27)(H,28,32)(H,29,31). The smallest absolute Gasteiger partial charge is 0.407 e. The van der Waals surface area contributed by atoms with Gasteiger partial charge in [-0.1, -0.05) is 6.07 Å². The third-order valence-corrected chi connectivity index (χ3v) is 5.81. The summed E-state index contributed by atoms with van der Waals surface area (Å²) in [7, 11) is 0. The van der Waals surface area contributed by atoms with Crippen LogP contribution in [0.1, 0.15) is 44.1 Å². The van der Waals surface area contributed by atoms with E-state index in [1.54, 1.807) is 36.8 Å². The Hall–Kier alpha value is -3.14. The number of ether oxygens (including phenoxy) is 1. The first-order valence-electron chi connectivity index (χ1n) is 10.8. The molecule has 3 aromatic heterocycles. The molecule has 33 heavy (non-hydrogen) atoms. The van der Waals surface area contributed by atoms with Gasteiger partial charge >= 0.3 is 6.09 Å². The highest BCUT2D eigenvalue weighted by Crippen LogP contribution is 2.39. The van der Waals surface area contributed by atoms with Crippen LogP contribution in [-0.4, -0.2) is 51.7 Å². The number of alkyl carbamates (subject to hydrolysis) is 1. The van der Waals surface area contributed by atoms with Crippen LogP contribution in [0.3, 0.4) is 0 Å². The van der Waals surface area contributed by atoms with E-state index in [-0.39, 0.29) is 11.9 Å². The normalized spacial score (nSPS) is 16.5. The lowest BCUT2D eigenvalue weighted by Crippen LogP contribution is -2.49. The van der Waals surface area contributed by atoms with Gasteiger partial charge in [-0.3, -0.25) is 9.78 Å². The minimum Gasteiger partial charge on any atom is -0.444 e. The maximum absolute atomic E-state index is 12.7. The molecular weight excluding hydrogens is 488 g/mol. The number of H-pyrrole nitrogens is 1. The molecule has 1 unspecified atom stereocenters. The Morgan fingerprint density at radius 2 is 2.09 bits per heavy atom. The van der Waals surface area contributed by atoms with Crippen LogP contribution in [0, 0.1) is 0 Å². The molecule has 3 N–H and O–H groups in total. The number of hydrogen-bond acceptors (Lipinski definition) is 6. The van der Waals surface area contributed by atoms with Crippen molar-refractivity contribution in [1.29, 1.82) is 0 Å². The van der Waals surface area contributed by atoms with E-state index in [1.165, 1.54) is 0 Å². The second-order valence-electron chi connectivity index (χ2n) is 8.98. The van der Waals surface area contributed by atoms with Crippen LogP contribution in [0.5, 0.6) is 0 Å². The summed E-state index contributed by atoms with van der Waals surface area (Å²) >= 11 is 3.64. The van der Waals surface area contributed by atoms with Crippen LogP contribution in [0.15, 0.2) is 41.3 Å². The number of piperidine rings is 1. The van der Waals surface area contributed by atoms with E-state index in [4.69, 9.17) is 4.74 Å². The number of halogens is 1. The van der Waals surface area contributed by atoms with E-state index in [0.717, 1.165) is 34.9 Å². The van der Waals surface area contributed by atoms with Gasteiger partial charge in [0.15, 0.2) is 0 Å². The summed E-state index contributed by atoms with van der Waals surface area (Å²) in [6, 6.07) is 5.14. The van der Waals surface area contributed by atoms with Crippen LogP contribution < -0.4 is 15.5 Å². The van der Waals surface area contributed by atoms with E-state index in [2.05, 4.69) is 46.4 Å². The number of nitrogens with zero attached hydrogens (tertiary/aromatic N) is 3. The van der Waals surface area contributed by atoms with E-state index in [0.29, 0.717) is 23.6 Å². The summed E-state index contributed by atoms with van der Waals surface area (Å²) in [5.74, 6) is -0.300. The third kappa shape index (κ3) is 5.44. The lowest BCUT2D eigenvalue weighted by Gasteiger charge is -2.36. The number of pyridine rings is 2. The van der Waals surface area contributed by atoms with E-state index < -0.39 is 11.7 Å². The summed E-state index contributed by atoms with van der Waals surface area (Å²) in [5, 5.41) is 6.73. The molecule has 1 aliphatic rings. The number of carbonyl (C=O) groups is 2. The lowest BCUT2D eigenvalue weighted by atomic mass is 10.0. The molecule has 174 valence electrons. The van der Waals surface area contributed by atoms with Gasteiger partial charge in [-0.15, -0.1) is 0 Å². The number of hydrogen-bond donors (Lipinski definition) is 3. The number of nitrogens with one attached hydrogen (secondary N) is 3. The molecule has 0 spiro atoms. The van der Waals surface area contributed by atoms with Crippen molar-refractivity contribution in [3.05, 3.63) is 47.0 Å². The van der Waals surface area contributed by atoms with E-state index in [9.17, 15) is 9.59 Å². The van der Waals surface area contributed by atoms with Gasteiger partial charge in [-0.2, -0.15) is 0 Å². The summed E-state index contributed by atoms with van der Waals surface area (Å²) in [6.07, 6.45) is 6.39. The summed E-state index contributed by atoms with van der Waals surface area (Å²) in [6.45, 7) is 6.95. The van der Waals surface area contributed by atoms with Crippen LogP contribution in [-0.2, 0) is 4.74 Å². The Morgan fingerprint density at radius 1 is 1.27 bits per heavy atom. The first-order chi connectivity index (χ1) is 15.7. The average molecular weight is 515 g/mol. The van der Waals surface area contributed by atoms with Gasteiger partial charge in [0, 0.05) is 37.7 Å². The molecule has 1 aliphatic heterocycles. The van der Waals surface area contributed by atoms with Crippen LogP contribution >= 0.6 is 15.9 Å². The van der Waals surface area contributed by atoms with Crippen molar-refractivity contribution in [2.75, 3.05) is 23.3 Å². The van der Waals surface area contributed by atoms with Crippen molar-refractivity contribution in [2.24, 2.45) is 0 Å². The van der Waals surface area contributed by atoms with Gasteiger partial charge in [0.1, 0.15) is 16.9 Å². The van der Waals surface area contributed by atoms with Crippen LogP contribution in [0.4, 0.5) is 16.2 Å². The molecule has 4 heterocycles. The highest BCUT2D eigenvalue weighted by molar-refractivity contribution is 9.10. The molecule has 0 saturated carbocycles. The zero-order valence-corrected chi connectivity index (χ0v) is 20.4. The second kappa shape index (κ2) is 9.38. The number of fused-ring (bicyclic) bond motifs is 1. The van der Waals surface area contributed by atoms with Crippen molar-refractivity contribution in [2.45, 2.75) is 45.3 Å². The van der Waals surface area contributed by atoms with Gasteiger partial charge in [-0.25, -0.2) is 9.78 Å². The molecule has 0 radical (unpaired) electrons. The number of aromatic nitrogens is 3. The van der Waals surface area contributed by atoms with Gasteiger partial charge in [0.05, 0.1) is 21.2 Å². The fourth-order valence-electron chi connectivity index (χ4n) is 3.92. The van der Waals surface area contributed by atoms with Crippen LogP contribution in [0.2, 0.25) is 0 Å². The van der Waals surface area contributed by atoms with Crippen LogP contribution in [0.25, 0.3) is 11.0 Å². The average Bonchev–Trinajstić information content (AvgIpc) is 3.15. The second-order valence-corrected chi connectivity index (χ2v) is 9.84. The number of carbonyl (C=O) groups excluding carboxylic acids is 2. The van der Waals surface area contributed by atoms with E-state index in [1.807, 2.05) is 20.8 Å². The van der Waals surface area contributed by atoms with Gasteiger partial charge in [-0.05, 0) is 61.7 Å². The molecule has 10 heteroatoms. The highest BCUT2D eigenvalue weighted by Gasteiger charge is 2.27. The summed E-state index contributed by atoms with van der Waals surface area (Å²) in [5.41, 5.74) is 1.97. The zero-order chi connectivity index (χ0) is 23.6. The fourth-order valence-corrected chi connectivity index (χ4v) is 4.47. The monoisotopic (exact) mass is 514 g/mol. The minimum atomic E-state index is -0.551. The molecule has 4 rings (SSSR count). The first-order valence-corrected chi connectivity index (χ1v) is 11.6. The van der Waals surface area contributed by atoms with Crippen molar-refractivity contribution < 1.29 is 14.3 Å². The Labute approximate surface area is 200 Å². The zero-order valence-electron chi connectivity index (χ0n) is 18.8. The van der Waals surface area contributed by atoms with Crippen molar-refractivity contribution in [3.63, 3.8) is 0 Å². The molecule has 9 nitrogen and oxygen atoms in total. The largest absolute Gasteiger partial charge is 0.444 e. The topological polar surface area (TPSA) is 112 Å². The number of rotatable bonds is 4. The Kier molecular flexibility index (Phi) is 6.55. The Balaban J connectivity index is 1.59. The molecule has 0 aromatic carbocycles. The summed E-state index contributed by atoms with van der Waals surface area (Å²) < 4.78 is 6.23. The van der Waals surface area contributed by atoms with Gasteiger partial charge in [0.25, 0.3) is 5.91 Å². The predicted octanol–water partition coefficient (Wildman–Crippen LogP) is 4.47. The van der Waals surface area contributed by atoms with Gasteiger partial charge < -0.3 is 25.3 Å². The van der Waals surface area contributed by atoms with Gasteiger partial charge in [0.2, 0.25) is 0 Å². The Bertz CT molecular complexity index is 1160. The molecule has 1 saturated heterocycles. The number of amides is 2. The first kappa shape index (κ1) is 23.0. The van der Waals surface area contributed by atoms with E-state index >= 15 is 0 Å². The molecule has 1 atom stereocenters. The van der Waals surface area contributed by atoms with Crippen molar-refractivity contribution in [3.8, 4) is 0 Å². The summed E-state index contributed by atoms with van der Waals surface area (Å²) in [4.78, 5) is 38.9. The van der Waals surface area contributed by atoms with Crippen molar-refractivity contribution in [1.82, 2.24) is 20.3 Å². The predicted molar refractivity (Wildman–Crippen MR) is 131 cm³/mol. The SMILES string of the molecule is CC(C)(C)OC(=O)NC1CCCN(c2c(Br)cnc3[nH]cc(NC(=O)c4ccccn4)c23)C1. The maximum Gasteiger partial charge on any atom is 0.407 e. The Morgan fingerprint density at radius 3 is 2.82 bits per heavy atom. The van der Waals surface area contributed by atoms with Crippen molar-refractivity contribution >= 4 is 50.3 Å². The molecule has 0 bridgehead atoms.